The highest BCUT2D eigenvalue weighted by Crippen LogP contribution is 2.11. The lowest BCUT2D eigenvalue weighted by molar-refractivity contribution is -0.120. The van der Waals surface area contributed by atoms with E-state index in [9.17, 15) is 26.0 Å². The molecular weight excluding hydrogens is 347 g/mol. The normalized spacial score (nSPS) is 20.3. The van der Waals surface area contributed by atoms with Gasteiger partial charge < -0.3 is 5.32 Å². The van der Waals surface area contributed by atoms with Gasteiger partial charge in [0.15, 0.2) is 9.84 Å². The molecule has 2 rings (SSSR count). The first-order valence-corrected chi connectivity index (χ1v) is 10.3. The Morgan fingerprint density at radius 1 is 1.26 bits per heavy atom. The van der Waals surface area contributed by atoms with Crippen LogP contribution in [0.25, 0.3) is 0 Å². The number of carbonyl (C=O) groups is 1. The summed E-state index contributed by atoms with van der Waals surface area (Å²) in [4.78, 5) is 11.7. The maximum absolute atomic E-state index is 12.8. The summed E-state index contributed by atoms with van der Waals surface area (Å²) in [5.41, 5.74) is 0.390. The fourth-order valence-corrected chi connectivity index (χ4v) is 4.97. The molecule has 7 nitrogen and oxygen atoms in total. The molecule has 2 N–H and O–H groups in total. The van der Waals surface area contributed by atoms with E-state index in [2.05, 4.69) is 10.0 Å². The van der Waals surface area contributed by atoms with Crippen molar-refractivity contribution in [3.63, 3.8) is 0 Å². The molecule has 0 radical (unpaired) electrons. The Labute approximate surface area is 134 Å². The minimum Gasteiger partial charge on any atom is -0.351 e. The standard InChI is InChI=1S/C13H17FN2O5S2/c14-11-3-1-10(2-4-11)8-23(20,21)15-7-13(17)16-12-5-6-22(18,19)9-12/h1-4,12,15H,5-9H2,(H,16,17). The molecular formula is C13H17FN2O5S2. The van der Waals surface area contributed by atoms with Crippen molar-refractivity contribution in [2.75, 3.05) is 18.1 Å². The highest BCUT2D eigenvalue weighted by molar-refractivity contribution is 7.91. The monoisotopic (exact) mass is 364 g/mol. The first-order chi connectivity index (χ1) is 10.7. The summed E-state index contributed by atoms with van der Waals surface area (Å²) in [6.07, 6.45) is 0.330. The molecule has 1 unspecified atom stereocenters. The van der Waals surface area contributed by atoms with E-state index in [-0.39, 0.29) is 17.3 Å². The first kappa shape index (κ1) is 17.8. The van der Waals surface area contributed by atoms with Crippen LogP contribution in [0.2, 0.25) is 0 Å². The van der Waals surface area contributed by atoms with E-state index in [1.807, 2.05) is 0 Å². The topological polar surface area (TPSA) is 109 Å². The van der Waals surface area contributed by atoms with Gasteiger partial charge in [0.25, 0.3) is 0 Å². The lowest BCUT2D eigenvalue weighted by Gasteiger charge is -2.11. The molecule has 1 aliphatic rings. The summed E-state index contributed by atoms with van der Waals surface area (Å²) in [5.74, 6) is -1.53. The Kier molecular flexibility index (Phi) is 5.37. The molecule has 0 spiro atoms. The third-order valence-corrected chi connectivity index (χ3v) is 6.39. The van der Waals surface area contributed by atoms with Crippen LogP contribution in [-0.4, -0.2) is 46.8 Å². The smallest absolute Gasteiger partial charge is 0.235 e. The average Bonchev–Trinajstić information content (AvgIpc) is 2.78. The van der Waals surface area contributed by atoms with Gasteiger partial charge in [-0.05, 0) is 24.1 Å². The molecule has 0 aliphatic carbocycles. The molecule has 1 heterocycles. The summed E-state index contributed by atoms with van der Waals surface area (Å²) in [6.45, 7) is -0.472. The zero-order chi connectivity index (χ0) is 17.1. The molecule has 1 fully saturated rings. The van der Waals surface area contributed by atoms with Gasteiger partial charge in [0.1, 0.15) is 5.82 Å². The molecule has 1 aromatic carbocycles. The second-order valence-corrected chi connectivity index (χ2v) is 9.41. The van der Waals surface area contributed by atoms with Crippen molar-refractivity contribution >= 4 is 25.8 Å². The van der Waals surface area contributed by atoms with Crippen LogP contribution >= 0.6 is 0 Å². The molecule has 1 amide bonds. The van der Waals surface area contributed by atoms with Crippen LogP contribution in [0.15, 0.2) is 24.3 Å². The Balaban J connectivity index is 1.82. The predicted molar refractivity (Wildman–Crippen MR) is 82.2 cm³/mol. The maximum atomic E-state index is 12.8. The molecule has 23 heavy (non-hydrogen) atoms. The minimum atomic E-state index is -3.75. The van der Waals surface area contributed by atoms with Gasteiger partial charge in [0.2, 0.25) is 15.9 Å². The van der Waals surface area contributed by atoms with E-state index < -0.39 is 44.2 Å². The van der Waals surface area contributed by atoms with Gasteiger partial charge in [0, 0.05) is 6.04 Å². The molecule has 1 aromatic rings. The second-order valence-electron chi connectivity index (χ2n) is 5.37. The molecule has 128 valence electrons. The summed E-state index contributed by atoms with van der Waals surface area (Å²) >= 11 is 0. The molecule has 0 bridgehead atoms. The van der Waals surface area contributed by atoms with Crippen molar-refractivity contribution in [3.8, 4) is 0 Å². The summed E-state index contributed by atoms with van der Waals surface area (Å²) in [5, 5.41) is 2.48. The number of sulfonamides is 1. The van der Waals surface area contributed by atoms with Crippen molar-refractivity contribution in [2.45, 2.75) is 18.2 Å². The van der Waals surface area contributed by atoms with Crippen molar-refractivity contribution < 1.29 is 26.0 Å². The maximum Gasteiger partial charge on any atom is 0.235 e. The zero-order valence-electron chi connectivity index (χ0n) is 12.2. The quantitative estimate of drug-likeness (QED) is 0.710. The third-order valence-electron chi connectivity index (χ3n) is 3.32. The highest BCUT2D eigenvalue weighted by Gasteiger charge is 2.29. The Hall–Kier alpha value is -1.52. The van der Waals surface area contributed by atoms with Crippen LogP contribution in [0.5, 0.6) is 0 Å². The summed E-state index contributed by atoms with van der Waals surface area (Å²) in [6, 6.07) is 4.51. The van der Waals surface area contributed by atoms with Gasteiger partial charge in [-0.2, -0.15) is 0 Å². The lowest BCUT2D eigenvalue weighted by Crippen LogP contribution is -2.42. The van der Waals surface area contributed by atoms with Crippen molar-refractivity contribution in [3.05, 3.63) is 35.6 Å². The van der Waals surface area contributed by atoms with Gasteiger partial charge in [-0.1, -0.05) is 12.1 Å². The van der Waals surface area contributed by atoms with Crippen molar-refractivity contribution in [1.29, 1.82) is 0 Å². The minimum absolute atomic E-state index is 0.0221. The zero-order valence-corrected chi connectivity index (χ0v) is 13.8. The molecule has 1 atom stereocenters. The average molecular weight is 364 g/mol. The van der Waals surface area contributed by atoms with Gasteiger partial charge in [-0.25, -0.2) is 25.9 Å². The number of amides is 1. The van der Waals surface area contributed by atoms with E-state index in [0.29, 0.717) is 12.0 Å². The van der Waals surface area contributed by atoms with Crippen LogP contribution in [0.3, 0.4) is 0 Å². The predicted octanol–water partition coefficient (Wildman–Crippen LogP) is -0.452. The van der Waals surface area contributed by atoms with Gasteiger partial charge in [-0.3, -0.25) is 4.79 Å². The fourth-order valence-electron chi connectivity index (χ4n) is 2.21. The fraction of sp³-hybridized carbons (Fsp3) is 0.462. The van der Waals surface area contributed by atoms with Crippen LogP contribution in [0.4, 0.5) is 4.39 Å². The summed E-state index contributed by atoms with van der Waals surface area (Å²) < 4.78 is 61.1. The number of benzene rings is 1. The second kappa shape index (κ2) is 6.93. The number of hydrogen-bond acceptors (Lipinski definition) is 5. The Bertz CT molecular complexity index is 775. The SMILES string of the molecule is O=C(CNS(=O)(=O)Cc1ccc(F)cc1)NC1CCS(=O)(=O)C1. The number of halogens is 1. The highest BCUT2D eigenvalue weighted by atomic mass is 32.2. The Morgan fingerprint density at radius 2 is 1.91 bits per heavy atom. The van der Waals surface area contributed by atoms with Gasteiger partial charge >= 0.3 is 0 Å². The first-order valence-electron chi connectivity index (χ1n) is 6.87. The van der Waals surface area contributed by atoms with E-state index in [4.69, 9.17) is 0 Å². The molecule has 0 saturated carbocycles. The van der Waals surface area contributed by atoms with Crippen LogP contribution in [0.1, 0.15) is 12.0 Å². The summed E-state index contributed by atoms with van der Waals surface area (Å²) in [7, 11) is -6.86. The van der Waals surface area contributed by atoms with Crippen molar-refractivity contribution in [2.24, 2.45) is 0 Å². The third kappa shape index (κ3) is 5.88. The molecule has 1 aliphatic heterocycles. The number of hydrogen-bond donors (Lipinski definition) is 2. The molecule has 1 saturated heterocycles. The van der Waals surface area contributed by atoms with E-state index in [1.54, 1.807) is 0 Å². The number of nitrogens with one attached hydrogen (secondary N) is 2. The Morgan fingerprint density at radius 3 is 2.48 bits per heavy atom. The van der Waals surface area contributed by atoms with E-state index in [0.717, 1.165) is 12.1 Å². The number of sulfone groups is 1. The van der Waals surface area contributed by atoms with Crippen LogP contribution in [-0.2, 0) is 30.4 Å². The van der Waals surface area contributed by atoms with Crippen LogP contribution in [0, 0.1) is 5.82 Å². The molecule has 10 heteroatoms. The van der Waals surface area contributed by atoms with Gasteiger partial charge in [-0.15, -0.1) is 0 Å². The number of carbonyl (C=O) groups excluding carboxylic acids is 1. The molecule has 0 aromatic heterocycles. The lowest BCUT2D eigenvalue weighted by atomic mass is 10.2. The van der Waals surface area contributed by atoms with Crippen LogP contribution < -0.4 is 10.0 Å². The van der Waals surface area contributed by atoms with E-state index in [1.165, 1.54) is 12.1 Å². The van der Waals surface area contributed by atoms with Gasteiger partial charge in [0.05, 0.1) is 23.8 Å². The van der Waals surface area contributed by atoms with E-state index >= 15 is 0 Å². The largest absolute Gasteiger partial charge is 0.351 e. The van der Waals surface area contributed by atoms with Crippen molar-refractivity contribution in [1.82, 2.24) is 10.0 Å². The number of rotatable bonds is 6.